The van der Waals surface area contributed by atoms with Crippen LogP contribution in [0.5, 0.6) is 0 Å². The smallest absolute Gasteiger partial charge is 0.250 e. The van der Waals surface area contributed by atoms with Crippen molar-refractivity contribution in [3.63, 3.8) is 0 Å². The fourth-order valence-electron chi connectivity index (χ4n) is 3.41. The van der Waals surface area contributed by atoms with E-state index in [1.54, 1.807) is 30.6 Å². The van der Waals surface area contributed by atoms with E-state index in [1.165, 1.54) is 12.1 Å². The molecule has 1 aliphatic rings. The molecule has 1 atom stereocenters. The number of nitrogens with zero attached hydrogens (tertiary/aromatic N) is 2. The van der Waals surface area contributed by atoms with E-state index in [1.807, 2.05) is 11.0 Å². The van der Waals surface area contributed by atoms with Crippen LogP contribution in [0.1, 0.15) is 12.0 Å². The Morgan fingerprint density at radius 2 is 2.12 bits per heavy atom. The van der Waals surface area contributed by atoms with Gasteiger partial charge in [0.25, 0.3) is 5.56 Å². The van der Waals surface area contributed by atoms with Gasteiger partial charge < -0.3 is 15.0 Å². The largest absolute Gasteiger partial charge is 0.383 e. The molecular weight excluding hydrogens is 309 g/mol. The molecular formula is C18H16FN3O2. The van der Waals surface area contributed by atoms with Crippen LogP contribution in [0.25, 0.3) is 10.9 Å². The number of aromatic amines is 1. The summed E-state index contributed by atoms with van der Waals surface area (Å²) in [6.45, 7) is 0.764. The molecule has 0 aliphatic carbocycles. The van der Waals surface area contributed by atoms with Crippen LogP contribution in [0, 0.1) is 5.82 Å². The monoisotopic (exact) mass is 325 g/mol. The van der Waals surface area contributed by atoms with E-state index >= 15 is 0 Å². The minimum absolute atomic E-state index is 0.230. The van der Waals surface area contributed by atoms with Crippen molar-refractivity contribution in [2.24, 2.45) is 0 Å². The number of aromatic nitrogens is 2. The minimum Gasteiger partial charge on any atom is -0.383 e. The lowest BCUT2D eigenvalue weighted by molar-refractivity contribution is 0.0568. The van der Waals surface area contributed by atoms with E-state index in [2.05, 4.69) is 9.97 Å². The number of nitrogens with one attached hydrogen (secondary N) is 1. The number of benzene rings is 1. The normalized spacial score (nSPS) is 20.7. The van der Waals surface area contributed by atoms with Crippen molar-refractivity contribution in [1.29, 1.82) is 0 Å². The molecule has 4 rings (SSSR count). The van der Waals surface area contributed by atoms with Crippen molar-refractivity contribution in [3.8, 4) is 0 Å². The number of hydrogen-bond donors (Lipinski definition) is 2. The number of H-pyrrole nitrogens is 1. The van der Waals surface area contributed by atoms with Gasteiger partial charge in [0.2, 0.25) is 0 Å². The second-order valence-electron chi connectivity index (χ2n) is 6.12. The summed E-state index contributed by atoms with van der Waals surface area (Å²) in [5.74, 6) is -0.415. The molecule has 1 aromatic carbocycles. The Kier molecular flexibility index (Phi) is 3.35. The van der Waals surface area contributed by atoms with Gasteiger partial charge in [-0.3, -0.25) is 9.78 Å². The van der Waals surface area contributed by atoms with Crippen LogP contribution in [0.4, 0.5) is 10.1 Å². The Balaban J connectivity index is 1.76. The SMILES string of the molecule is O=c1cc(N2CCC(O)(c3ccccc3F)C2)c2ccncc2[nH]1. The van der Waals surface area contributed by atoms with Crippen molar-refractivity contribution in [3.05, 3.63) is 70.5 Å². The summed E-state index contributed by atoms with van der Waals surface area (Å²) in [4.78, 5) is 20.6. The number of pyridine rings is 2. The molecule has 3 heterocycles. The maximum Gasteiger partial charge on any atom is 0.250 e. The summed E-state index contributed by atoms with van der Waals surface area (Å²) in [5.41, 5.74) is 0.160. The quantitative estimate of drug-likeness (QED) is 0.757. The lowest BCUT2D eigenvalue weighted by Gasteiger charge is -2.25. The first-order chi connectivity index (χ1) is 11.6. The topological polar surface area (TPSA) is 69.2 Å². The Morgan fingerprint density at radius 3 is 2.96 bits per heavy atom. The summed E-state index contributed by atoms with van der Waals surface area (Å²) < 4.78 is 14.1. The predicted octanol–water partition coefficient (Wildman–Crippen LogP) is 2.16. The van der Waals surface area contributed by atoms with Gasteiger partial charge >= 0.3 is 0 Å². The number of fused-ring (bicyclic) bond motifs is 1. The molecule has 0 spiro atoms. The van der Waals surface area contributed by atoms with Gasteiger partial charge in [-0.05, 0) is 18.6 Å². The summed E-state index contributed by atoms with van der Waals surface area (Å²) in [5, 5.41) is 11.8. The molecule has 1 fully saturated rings. The predicted molar refractivity (Wildman–Crippen MR) is 89.5 cm³/mol. The first-order valence-corrected chi connectivity index (χ1v) is 7.76. The Bertz CT molecular complexity index is 972. The summed E-state index contributed by atoms with van der Waals surface area (Å²) >= 11 is 0. The molecule has 2 aromatic heterocycles. The van der Waals surface area contributed by atoms with Crippen molar-refractivity contribution < 1.29 is 9.50 Å². The third-order valence-electron chi connectivity index (χ3n) is 4.59. The van der Waals surface area contributed by atoms with Gasteiger partial charge in [0.15, 0.2) is 0 Å². The molecule has 6 heteroatoms. The van der Waals surface area contributed by atoms with Gasteiger partial charge in [0.1, 0.15) is 11.4 Å². The number of anilines is 1. The van der Waals surface area contributed by atoms with Gasteiger partial charge in [-0.15, -0.1) is 0 Å². The summed E-state index contributed by atoms with van der Waals surface area (Å²) in [6, 6.07) is 9.61. The summed E-state index contributed by atoms with van der Waals surface area (Å²) in [6.07, 6.45) is 3.65. The third kappa shape index (κ3) is 2.35. The molecule has 24 heavy (non-hydrogen) atoms. The van der Waals surface area contributed by atoms with Crippen LogP contribution in [0.2, 0.25) is 0 Å². The maximum absolute atomic E-state index is 14.1. The molecule has 0 bridgehead atoms. The average Bonchev–Trinajstić information content (AvgIpc) is 2.97. The molecule has 0 amide bonds. The van der Waals surface area contributed by atoms with Gasteiger partial charge in [-0.25, -0.2) is 4.39 Å². The van der Waals surface area contributed by atoms with Crippen molar-refractivity contribution in [2.45, 2.75) is 12.0 Å². The molecule has 3 aromatic rings. The molecule has 0 radical (unpaired) electrons. The first kappa shape index (κ1) is 14.8. The minimum atomic E-state index is -1.27. The number of halogens is 1. The molecule has 5 nitrogen and oxygen atoms in total. The Hall–Kier alpha value is -2.73. The molecule has 1 saturated heterocycles. The zero-order chi connectivity index (χ0) is 16.7. The van der Waals surface area contributed by atoms with Crippen LogP contribution in [-0.4, -0.2) is 28.2 Å². The van der Waals surface area contributed by atoms with Crippen molar-refractivity contribution in [2.75, 3.05) is 18.0 Å². The third-order valence-corrected chi connectivity index (χ3v) is 4.59. The van der Waals surface area contributed by atoms with E-state index in [9.17, 15) is 14.3 Å². The fourth-order valence-corrected chi connectivity index (χ4v) is 3.41. The molecule has 1 unspecified atom stereocenters. The molecule has 122 valence electrons. The average molecular weight is 325 g/mol. The highest BCUT2D eigenvalue weighted by Gasteiger charge is 2.40. The fraction of sp³-hybridized carbons (Fsp3) is 0.222. The standard InChI is InChI=1S/C18H16FN3O2/c19-14-4-2-1-3-13(14)18(24)6-8-22(11-18)16-9-17(23)21-15-10-20-7-5-12(15)16/h1-5,7,9-10,24H,6,8,11H2,(H,21,23). The van der Waals surface area contributed by atoms with Crippen LogP contribution >= 0.6 is 0 Å². The van der Waals surface area contributed by atoms with Gasteiger partial charge in [0.05, 0.1) is 23.9 Å². The van der Waals surface area contributed by atoms with E-state index < -0.39 is 11.4 Å². The maximum atomic E-state index is 14.1. The van der Waals surface area contributed by atoms with E-state index in [-0.39, 0.29) is 12.1 Å². The highest BCUT2D eigenvalue weighted by molar-refractivity contribution is 5.91. The second-order valence-corrected chi connectivity index (χ2v) is 6.12. The summed E-state index contributed by atoms with van der Waals surface area (Å²) in [7, 11) is 0. The lowest BCUT2D eigenvalue weighted by Crippen LogP contribution is -2.32. The van der Waals surface area contributed by atoms with Gasteiger partial charge in [0, 0.05) is 29.8 Å². The molecule has 2 N–H and O–H groups in total. The van der Waals surface area contributed by atoms with E-state index in [0.29, 0.717) is 24.0 Å². The van der Waals surface area contributed by atoms with E-state index in [0.717, 1.165) is 11.1 Å². The van der Waals surface area contributed by atoms with Crippen molar-refractivity contribution in [1.82, 2.24) is 9.97 Å². The highest BCUT2D eigenvalue weighted by Crippen LogP contribution is 2.37. The Morgan fingerprint density at radius 1 is 1.29 bits per heavy atom. The van der Waals surface area contributed by atoms with Gasteiger partial charge in [-0.1, -0.05) is 18.2 Å². The van der Waals surface area contributed by atoms with Crippen molar-refractivity contribution >= 4 is 16.6 Å². The Labute approximate surface area is 137 Å². The molecule has 0 saturated carbocycles. The zero-order valence-electron chi connectivity index (χ0n) is 12.9. The zero-order valence-corrected chi connectivity index (χ0v) is 12.9. The van der Waals surface area contributed by atoms with Crippen LogP contribution < -0.4 is 10.5 Å². The van der Waals surface area contributed by atoms with Crippen LogP contribution in [-0.2, 0) is 5.60 Å². The lowest BCUT2D eigenvalue weighted by atomic mass is 9.92. The number of β-amino-alcohol motifs (C(OH)–C–C–N with tert-alkyl or cyclic N) is 1. The first-order valence-electron chi connectivity index (χ1n) is 7.76. The second kappa shape index (κ2) is 5.42. The highest BCUT2D eigenvalue weighted by atomic mass is 19.1. The van der Waals surface area contributed by atoms with Crippen LogP contribution in [0.15, 0.2) is 53.6 Å². The van der Waals surface area contributed by atoms with Gasteiger partial charge in [-0.2, -0.15) is 0 Å². The number of rotatable bonds is 2. The van der Waals surface area contributed by atoms with Crippen LogP contribution in [0.3, 0.4) is 0 Å². The van der Waals surface area contributed by atoms with E-state index in [4.69, 9.17) is 0 Å². The number of hydrogen-bond acceptors (Lipinski definition) is 4. The number of aliphatic hydroxyl groups is 1. The molecule has 1 aliphatic heterocycles.